The summed E-state index contributed by atoms with van der Waals surface area (Å²) in [4.78, 5) is 88.3. The van der Waals surface area contributed by atoms with E-state index >= 15 is 0 Å². The van der Waals surface area contributed by atoms with Gasteiger partial charge in [0, 0.05) is 93.1 Å². The van der Waals surface area contributed by atoms with E-state index in [1.165, 1.54) is 4.90 Å². The van der Waals surface area contributed by atoms with Gasteiger partial charge >= 0.3 is 0 Å². The van der Waals surface area contributed by atoms with Crippen LogP contribution in [0, 0.1) is 30.1 Å². The molecule has 3 fully saturated rings. The molecule has 4 aromatic heterocycles. The number of anilines is 3. The number of hydrogen-bond acceptors (Lipinski definition) is 13. The number of amides is 2. The lowest BCUT2D eigenvalue weighted by atomic mass is 9.76. The number of carbonyl (C=O) groups is 5. The summed E-state index contributed by atoms with van der Waals surface area (Å²) in [6, 6.07) is 15.1. The fraction of sp³-hybridized carbons (Fsp3) is 0.518. The summed E-state index contributed by atoms with van der Waals surface area (Å²) in [5, 5.41) is 21.4. The number of benzene rings is 1. The number of likely N-dealkylation sites (tertiary alicyclic amines) is 1. The van der Waals surface area contributed by atoms with Crippen LogP contribution in [0.25, 0.3) is 21.3 Å². The van der Waals surface area contributed by atoms with E-state index in [1.807, 2.05) is 81.7 Å². The smallest absolute Gasteiger partial charge is 0.243 e. The van der Waals surface area contributed by atoms with Gasteiger partial charge in [0.15, 0.2) is 5.78 Å². The fourth-order valence-corrected chi connectivity index (χ4v) is 11.0. The Balaban J connectivity index is 0.717. The monoisotopic (exact) mass is 983 g/mol. The van der Waals surface area contributed by atoms with E-state index in [4.69, 9.17) is 0 Å². The SMILES string of the molecule is Cc1ncsc1-c1ccc(CNC(=O)[C@@H]2C[C@@H](O)CN2C(=O)[C@H](CC(=O)CCCCCCCC(=O)C2CCC(CC(=O)c3cnc(Nc4ccc5cnccc5n4)cc3NC3CC3)CC2)C(C)(C)C)cc1. The molecule has 1 aromatic carbocycles. The second kappa shape index (κ2) is 23.5. The van der Waals surface area contributed by atoms with E-state index < -0.39 is 23.5 Å². The highest BCUT2D eigenvalue weighted by Crippen LogP contribution is 2.37. The molecule has 2 amide bonds. The maximum Gasteiger partial charge on any atom is 0.243 e. The summed E-state index contributed by atoms with van der Waals surface area (Å²) >= 11 is 1.59. The van der Waals surface area contributed by atoms with Crippen molar-refractivity contribution in [3.05, 3.63) is 89.5 Å². The number of Topliss-reactive ketones (excluding diaryl/α,β-unsaturated/α-hetero) is 3. The molecule has 14 nitrogen and oxygen atoms in total. The second-order valence-corrected chi connectivity index (χ2v) is 22.1. The number of nitrogens with zero attached hydrogens (tertiary/aromatic N) is 5. The highest BCUT2D eigenvalue weighted by atomic mass is 32.1. The van der Waals surface area contributed by atoms with Crippen molar-refractivity contribution in [3.63, 3.8) is 0 Å². The summed E-state index contributed by atoms with van der Waals surface area (Å²) in [6.45, 7) is 8.16. The maximum absolute atomic E-state index is 14.1. The maximum atomic E-state index is 14.1. The zero-order valence-corrected chi connectivity index (χ0v) is 42.6. The molecule has 0 radical (unpaired) electrons. The number of rotatable bonds is 23. The van der Waals surface area contributed by atoms with E-state index in [0.717, 1.165) is 109 Å². The topological polar surface area (TPSA) is 196 Å². The predicted octanol–water partition coefficient (Wildman–Crippen LogP) is 10.4. The molecular formula is C56H70N8O6S. The van der Waals surface area contributed by atoms with Crippen LogP contribution in [0.4, 0.5) is 17.3 Å². The molecule has 1 saturated heterocycles. The Labute approximate surface area is 421 Å². The quantitative estimate of drug-likeness (QED) is 0.0358. The number of unbranched alkanes of at least 4 members (excludes halogenated alkanes) is 4. The van der Waals surface area contributed by atoms with Crippen molar-refractivity contribution in [1.82, 2.24) is 30.2 Å². The Bertz CT molecular complexity index is 2670. The number of nitrogens with one attached hydrogen (secondary N) is 3. The third-order valence-electron chi connectivity index (χ3n) is 14.6. The Morgan fingerprint density at radius 1 is 0.859 bits per heavy atom. The molecule has 15 heteroatoms. The van der Waals surface area contributed by atoms with Crippen LogP contribution in [0.1, 0.15) is 145 Å². The minimum Gasteiger partial charge on any atom is -0.391 e. The summed E-state index contributed by atoms with van der Waals surface area (Å²) in [7, 11) is 0. The van der Waals surface area contributed by atoms with Crippen LogP contribution in [0.2, 0.25) is 0 Å². The lowest BCUT2D eigenvalue weighted by molar-refractivity contribution is -0.146. The van der Waals surface area contributed by atoms with Gasteiger partial charge in [-0.15, -0.1) is 11.3 Å². The third kappa shape index (κ3) is 13.9. The molecule has 376 valence electrons. The molecule has 4 N–H and O–H groups in total. The third-order valence-corrected chi connectivity index (χ3v) is 15.6. The van der Waals surface area contributed by atoms with Gasteiger partial charge in [0.05, 0.1) is 39.0 Å². The van der Waals surface area contributed by atoms with Gasteiger partial charge in [0.2, 0.25) is 11.8 Å². The lowest BCUT2D eigenvalue weighted by Gasteiger charge is -2.34. The van der Waals surface area contributed by atoms with Crippen LogP contribution in [-0.2, 0) is 25.7 Å². The summed E-state index contributed by atoms with van der Waals surface area (Å²) < 4.78 is 0. The van der Waals surface area contributed by atoms with Gasteiger partial charge in [-0.25, -0.2) is 15.0 Å². The number of thiazole rings is 1. The highest BCUT2D eigenvalue weighted by Gasteiger charge is 2.44. The van der Waals surface area contributed by atoms with Gasteiger partial charge in [0.1, 0.15) is 29.2 Å². The van der Waals surface area contributed by atoms with E-state index in [9.17, 15) is 29.1 Å². The minimum absolute atomic E-state index is 0.0229. The van der Waals surface area contributed by atoms with Crippen LogP contribution in [0.3, 0.4) is 0 Å². The van der Waals surface area contributed by atoms with Crippen LogP contribution in [-0.4, -0.2) is 83.8 Å². The molecule has 8 rings (SSSR count). The molecule has 0 unspecified atom stereocenters. The first kappa shape index (κ1) is 51.4. The highest BCUT2D eigenvalue weighted by molar-refractivity contribution is 7.13. The Morgan fingerprint density at radius 2 is 1.61 bits per heavy atom. The minimum atomic E-state index is -0.819. The number of aryl methyl sites for hydroxylation is 1. The van der Waals surface area contributed by atoms with Crippen LogP contribution in [0.15, 0.2) is 72.6 Å². The van der Waals surface area contributed by atoms with Crippen LogP contribution in [0.5, 0.6) is 0 Å². The predicted molar refractivity (Wildman–Crippen MR) is 278 cm³/mol. The average molecular weight is 983 g/mol. The van der Waals surface area contributed by atoms with Gasteiger partial charge in [-0.3, -0.25) is 29.0 Å². The molecule has 0 bridgehead atoms. The van der Waals surface area contributed by atoms with Crippen molar-refractivity contribution >= 4 is 68.7 Å². The molecule has 5 aromatic rings. The Kier molecular flexibility index (Phi) is 17.0. The number of carbonyl (C=O) groups excluding carboxylic acids is 5. The van der Waals surface area contributed by atoms with Gasteiger partial charge in [-0.2, -0.15) is 0 Å². The van der Waals surface area contributed by atoms with Gasteiger partial charge in [-0.05, 0) is 98.9 Å². The second-order valence-electron chi connectivity index (χ2n) is 21.2. The number of fused-ring (bicyclic) bond motifs is 1. The van der Waals surface area contributed by atoms with Gasteiger partial charge in [0.25, 0.3) is 0 Å². The van der Waals surface area contributed by atoms with E-state index in [2.05, 4.69) is 35.9 Å². The Hall–Kier alpha value is -5.93. The fourth-order valence-electron chi connectivity index (χ4n) is 10.2. The van der Waals surface area contributed by atoms with Crippen LogP contribution < -0.4 is 16.0 Å². The van der Waals surface area contributed by atoms with Crippen molar-refractivity contribution in [1.29, 1.82) is 0 Å². The molecular weight excluding hydrogens is 913 g/mol. The number of pyridine rings is 3. The zero-order valence-electron chi connectivity index (χ0n) is 41.8. The first-order chi connectivity index (χ1) is 34.2. The number of hydrogen-bond donors (Lipinski definition) is 4. The first-order valence-electron chi connectivity index (χ1n) is 25.8. The molecule has 3 aliphatic rings. The molecule has 3 atom stereocenters. The number of aliphatic hydroxyl groups is 1. The van der Waals surface area contributed by atoms with E-state index in [1.54, 1.807) is 29.9 Å². The largest absolute Gasteiger partial charge is 0.391 e. The number of aliphatic hydroxyl groups excluding tert-OH is 1. The Morgan fingerprint density at radius 3 is 2.32 bits per heavy atom. The zero-order chi connectivity index (χ0) is 50.1. The molecule has 2 saturated carbocycles. The van der Waals surface area contributed by atoms with Gasteiger partial charge in [-0.1, -0.05) is 64.3 Å². The van der Waals surface area contributed by atoms with Crippen molar-refractivity contribution < 1.29 is 29.1 Å². The van der Waals surface area contributed by atoms with E-state index in [-0.39, 0.29) is 54.6 Å². The first-order valence-corrected chi connectivity index (χ1v) is 26.6. The molecule has 2 aliphatic carbocycles. The molecule has 5 heterocycles. The van der Waals surface area contributed by atoms with Crippen molar-refractivity contribution in [2.75, 3.05) is 17.2 Å². The van der Waals surface area contributed by atoms with E-state index in [0.29, 0.717) is 54.8 Å². The van der Waals surface area contributed by atoms with Crippen molar-refractivity contribution in [3.8, 4) is 10.4 Å². The summed E-state index contributed by atoms with van der Waals surface area (Å²) in [6.07, 6.45) is 15.7. The number of ketones is 3. The molecule has 0 spiro atoms. The number of β-amino-alcohol motifs (C(OH)–C–C–N with tert-alkyl or cyclic N) is 1. The van der Waals surface area contributed by atoms with Gasteiger partial charge < -0.3 is 26.0 Å². The van der Waals surface area contributed by atoms with Crippen molar-refractivity contribution in [2.45, 2.75) is 155 Å². The average Bonchev–Trinajstić information content (AvgIpc) is 3.93. The number of aromatic nitrogens is 4. The summed E-state index contributed by atoms with van der Waals surface area (Å²) in [5.74, 6) is 0.789. The van der Waals surface area contributed by atoms with Crippen molar-refractivity contribution in [2.24, 2.45) is 23.2 Å². The normalized spacial score (nSPS) is 19.6. The lowest BCUT2D eigenvalue weighted by Crippen LogP contribution is -2.50. The standard InChI is InChI=1S/C56H70N8O6S/c1-35-53(71-34-60-35)39-18-14-37(15-19-39)30-59-54(69)48-28-43(66)33-64(48)55(70)45(56(2,3)4)27-42(65)10-8-6-5-7-9-11-49(67)38-16-12-36(13-17-38)26-50(68)44-32-58-52(29-47(44)61-41-21-22-41)63-51-23-20-40-31-57-25-24-46(40)62-51/h14-15,18-20,23-25,29,31-32,34,36,38,41,43,45,48,66H,5-13,16-17,21-22,26-28,30,33H2,1-4H3,(H,59,69)(H2,58,61,62,63)/t36?,38?,43-,45+,48+/m1/s1. The molecule has 1 aliphatic heterocycles. The summed E-state index contributed by atoms with van der Waals surface area (Å²) in [5.41, 5.74) is 6.50. The van der Waals surface area contributed by atoms with Crippen LogP contribution >= 0.6 is 11.3 Å². The molecule has 71 heavy (non-hydrogen) atoms.